The molecule has 7 nitrogen and oxygen atoms in total. The van der Waals surface area contributed by atoms with Gasteiger partial charge in [-0.05, 0) is 6.07 Å². The Kier molecular flexibility index (Phi) is 5.94. The molecule has 1 aliphatic heterocycles. The van der Waals surface area contributed by atoms with Crippen LogP contribution < -0.4 is 4.74 Å². The van der Waals surface area contributed by atoms with Gasteiger partial charge >= 0.3 is 0 Å². The van der Waals surface area contributed by atoms with Crippen LogP contribution >= 0.6 is 0 Å². The maximum absolute atomic E-state index is 12.9. The van der Waals surface area contributed by atoms with Gasteiger partial charge in [0.1, 0.15) is 11.4 Å². The standard InChI is InChI=1S/C17H22N2O5/c1-18(8-10-20)15-14(12-6-4-5-7-13(12)24-3)16(21)19(17(15)22)9-11-23-2/h4-7,20H,8-11H2,1-3H3. The Morgan fingerprint density at radius 2 is 1.88 bits per heavy atom. The number of aliphatic hydroxyl groups excluding tert-OH is 1. The zero-order chi connectivity index (χ0) is 17.7. The molecule has 24 heavy (non-hydrogen) atoms. The smallest absolute Gasteiger partial charge is 0.277 e. The highest BCUT2D eigenvalue weighted by Gasteiger charge is 2.41. The molecule has 0 fully saturated rings. The second kappa shape index (κ2) is 7.94. The van der Waals surface area contributed by atoms with Gasteiger partial charge in [-0.1, -0.05) is 18.2 Å². The Balaban J connectivity index is 2.55. The SMILES string of the molecule is COCCN1C(=O)C(c2ccccc2OC)=C(N(C)CCO)C1=O. The van der Waals surface area contributed by atoms with Gasteiger partial charge in [0.05, 0.1) is 32.4 Å². The molecule has 0 unspecified atom stereocenters. The van der Waals surface area contributed by atoms with Crippen molar-refractivity contribution in [2.45, 2.75) is 0 Å². The summed E-state index contributed by atoms with van der Waals surface area (Å²) in [6.45, 7) is 0.542. The molecule has 0 bridgehead atoms. The van der Waals surface area contributed by atoms with Crippen LogP contribution in [0.4, 0.5) is 0 Å². The lowest BCUT2D eigenvalue weighted by atomic mass is 10.0. The second-order valence-electron chi connectivity index (χ2n) is 5.32. The highest BCUT2D eigenvalue weighted by Crippen LogP contribution is 2.35. The first-order chi connectivity index (χ1) is 11.6. The lowest BCUT2D eigenvalue weighted by Gasteiger charge is -2.20. The third-order valence-corrected chi connectivity index (χ3v) is 3.86. The zero-order valence-corrected chi connectivity index (χ0v) is 14.1. The first kappa shape index (κ1) is 18.0. The lowest BCUT2D eigenvalue weighted by Crippen LogP contribution is -2.37. The number of imide groups is 1. The van der Waals surface area contributed by atoms with Crippen molar-refractivity contribution in [3.63, 3.8) is 0 Å². The van der Waals surface area contributed by atoms with Crippen molar-refractivity contribution in [1.29, 1.82) is 0 Å². The van der Waals surface area contributed by atoms with Gasteiger partial charge < -0.3 is 19.5 Å². The van der Waals surface area contributed by atoms with Crippen molar-refractivity contribution in [1.82, 2.24) is 9.80 Å². The summed E-state index contributed by atoms with van der Waals surface area (Å²) < 4.78 is 10.3. The van der Waals surface area contributed by atoms with Crippen LogP contribution in [0.25, 0.3) is 5.57 Å². The zero-order valence-electron chi connectivity index (χ0n) is 14.1. The Morgan fingerprint density at radius 1 is 1.17 bits per heavy atom. The number of ether oxygens (including phenoxy) is 2. The molecule has 0 spiro atoms. The average molecular weight is 334 g/mol. The predicted molar refractivity (Wildman–Crippen MR) is 88.2 cm³/mol. The fraction of sp³-hybridized carbons (Fsp3) is 0.412. The molecule has 1 aliphatic rings. The summed E-state index contributed by atoms with van der Waals surface area (Å²) in [5, 5.41) is 9.20. The minimum Gasteiger partial charge on any atom is -0.496 e. The number of carbonyl (C=O) groups is 2. The highest BCUT2D eigenvalue weighted by atomic mass is 16.5. The predicted octanol–water partition coefficient (Wildman–Crippen LogP) is 0.346. The van der Waals surface area contributed by atoms with Crippen LogP contribution in [0.15, 0.2) is 30.0 Å². The van der Waals surface area contributed by atoms with E-state index < -0.39 is 5.91 Å². The number of amides is 2. The van der Waals surface area contributed by atoms with Crippen LogP contribution in [0.5, 0.6) is 5.75 Å². The largest absolute Gasteiger partial charge is 0.496 e. The van der Waals surface area contributed by atoms with E-state index in [1.165, 1.54) is 14.2 Å². The number of rotatable bonds is 8. The molecule has 0 radical (unpaired) electrons. The average Bonchev–Trinajstić information content (AvgIpc) is 2.83. The quantitative estimate of drug-likeness (QED) is 0.691. The van der Waals surface area contributed by atoms with E-state index >= 15 is 0 Å². The van der Waals surface area contributed by atoms with Crippen molar-refractivity contribution in [3.8, 4) is 5.75 Å². The van der Waals surface area contributed by atoms with Crippen molar-refractivity contribution >= 4 is 17.4 Å². The fourth-order valence-corrected chi connectivity index (χ4v) is 2.66. The van der Waals surface area contributed by atoms with Gasteiger partial charge in [-0.2, -0.15) is 0 Å². The number of hydrogen-bond acceptors (Lipinski definition) is 6. The van der Waals surface area contributed by atoms with Gasteiger partial charge in [0, 0.05) is 26.3 Å². The third-order valence-electron chi connectivity index (χ3n) is 3.86. The van der Waals surface area contributed by atoms with Crippen LogP contribution in [-0.4, -0.2) is 74.3 Å². The van der Waals surface area contributed by atoms with E-state index in [0.29, 0.717) is 11.3 Å². The number of hydrogen-bond donors (Lipinski definition) is 1. The number of carbonyl (C=O) groups excluding carboxylic acids is 2. The number of aliphatic hydroxyl groups is 1. The minimum atomic E-state index is -0.395. The van der Waals surface area contributed by atoms with Crippen molar-refractivity contribution in [2.75, 3.05) is 47.6 Å². The van der Waals surface area contributed by atoms with E-state index in [-0.39, 0.29) is 43.5 Å². The van der Waals surface area contributed by atoms with Crippen molar-refractivity contribution < 1.29 is 24.2 Å². The monoisotopic (exact) mass is 334 g/mol. The van der Waals surface area contributed by atoms with E-state index in [1.807, 2.05) is 0 Å². The lowest BCUT2D eigenvalue weighted by molar-refractivity contribution is -0.138. The summed E-state index contributed by atoms with van der Waals surface area (Å²) in [6, 6.07) is 7.06. The van der Waals surface area contributed by atoms with Crippen LogP contribution in [0.1, 0.15) is 5.56 Å². The molecule has 2 rings (SSSR count). The van der Waals surface area contributed by atoms with Gasteiger partial charge in [-0.3, -0.25) is 14.5 Å². The number of likely N-dealkylation sites (N-methyl/N-ethyl adjacent to an activating group) is 1. The summed E-state index contributed by atoms with van der Waals surface area (Å²) in [6.07, 6.45) is 0. The van der Waals surface area contributed by atoms with Gasteiger partial charge in [0.15, 0.2) is 0 Å². The first-order valence-corrected chi connectivity index (χ1v) is 7.61. The van der Waals surface area contributed by atoms with Gasteiger partial charge in [-0.15, -0.1) is 0 Å². The Morgan fingerprint density at radius 3 is 2.50 bits per heavy atom. The fourth-order valence-electron chi connectivity index (χ4n) is 2.66. The molecule has 0 atom stereocenters. The van der Waals surface area contributed by atoms with Gasteiger partial charge in [0.2, 0.25) is 0 Å². The molecular formula is C17H22N2O5. The molecule has 0 aromatic heterocycles. The van der Waals surface area contributed by atoms with E-state index in [2.05, 4.69) is 0 Å². The Bertz CT molecular complexity index is 656. The molecule has 2 amide bonds. The first-order valence-electron chi connectivity index (χ1n) is 7.61. The molecule has 1 aromatic rings. The maximum atomic E-state index is 12.9. The van der Waals surface area contributed by atoms with Gasteiger partial charge in [-0.25, -0.2) is 0 Å². The number of methoxy groups -OCH3 is 2. The van der Waals surface area contributed by atoms with E-state index in [1.54, 1.807) is 36.2 Å². The highest BCUT2D eigenvalue weighted by molar-refractivity contribution is 6.36. The van der Waals surface area contributed by atoms with E-state index in [4.69, 9.17) is 9.47 Å². The van der Waals surface area contributed by atoms with Crippen LogP contribution in [0.3, 0.4) is 0 Å². The molecule has 1 heterocycles. The molecule has 1 aromatic carbocycles. The maximum Gasteiger partial charge on any atom is 0.277 e. The molecule has 7 heteroatoms. The van der Waals surface area contributed by atoms with Gasteiger partial charge in [0.25, 0.3) is 11.8 Å². The summed E-state index contributed by atoms with van der Waals surface area (Å²) in [5.74, 6) is -0.271. The molecule has 1 N–H and O–H groups in total. The Labute approximate surface area is 141 Å². The van der Waals surface area contributed by atoms with Crippen molar-refractivity contribution in [2.24, 2.45) is 0 Å². The molecule has 0 saturated carbocycles. The molecule has 130 valence electrons. The van der Waals surface area contributed by atoms with Crippen LogP contribution in [-0.2, 0) is 14.3 Å². The van der Waals surface area contributed by atoms with E-state index in [0.717, 1.165) is 4.90 Å². The van der Waals surface area contributed by atoms with E-state index in [9.17, 15) is 14.7 Å². The normalized spacial score (nSPS) is 14.6. The third kappa shape index (κ3) is 3.27. The summed E-state index contributed by atoms with van der Waals surface area (Å²) in [7, 11) is 4.70. The molecule has 0 saturated heterocycles. The second-order valence-corrected chi connectivity index (χ2v) is 5.32. The molecular weight excluding hydrogens is 312 g/mol. The number of nitrogens with zero attached hydrogens (tertiary/aromatic N) is 2. The Hall–Kier alpha value is -2.38. The summed E-state index contributed by atoms with van der Waals surface area (Å²) in [4.78, 5) is 28.4. The summed E-state index contributed by atoms with van der Waals surface area (Å²) >= 11 is 0. The minimum absolute atomic E-state index is 0.126. The topological polar surface area (TPSA) is 79.3 Å². The van der Waals surface area contributed by atoms with Crippen LogP contribution in [0, 0.1) is 0 Å². The molecule has 0 aliphatic carbocycles. The number of benzene rings is 1. The van der Waals surface area contributed by atoms with Crippen LogP contribution in [0.2, 0.25) is 0 Å². The van der Waals surface area contributed by atoms with Crippen molar-refractivity contribution in [3.05, 3.63) is 35.5 Å². The number of para-hydroxylation sites is 1. The summed E-state index contributed by atoms with van der Waals surface area (Å²) in [5.41, 5.74) is 1.09.